The van der Waals surface area contributed by atoms with E-state index in [1.54, 1.807) is 0 Å². The van der Waals surface area contributed by atoms with Crippen LogP contribution in [0, 0.1) is 0 Å². The first-order valence-corrected chi connectivity index (χ1v) is 4.53. The molecule has 0 radical (unpaired) electrons. The predicted molar refractivity (Wildman–Crippen MR) is 43.4 cm³/mol. The number of hydrogen-bond donors (Lipinski definition) is 5. The van der Waals surface area contributed by atoms with Crippen molar-refractivity contribution in [2.45, 2.75) is 18.9 Å². The Labute approximate surface area is 71.6 Å². The second-order valence-electron chi connectivity index (χ2n) is 2.04. The molecular formula is C5H15NO5P+. The number of nitrogens with two attached hydrogens (primary N) is 1. The third kappa shape index (κ3) is 22.5. The highest BCUT2D eigenvalue weighted by molar-refractivity contribution is 7.30. The van der Waals surface area contributed by atoms with Crippen molar-refractivity contribution >= 4 is 8.25 Å². The van der Waals surface area contributed by atoms with Gasteiger partial charge in [0.2, 0.25) is 0 Å². The van der Waals surface area contributed by atoms with Gasteiger partial charge in [-0.25, -0.2) is 0 Å². The van der Waals surface area contributed by atoms with Crippen LogP contribution in [0.5, 0.6) is 0 Å². The van der Waals surface area contributed by atoms with Crippen molar-refractivity contribution in [2.75, 3.05) is 13.2 Å². The van der Waals surface area contributed by atoms with Crippen LogP contribution >= 0.6 is 8.25 Å². The van der Waals surface area contributed by atoms with Gasteiger partial charge in [-0.2, -0.15) is 0 Å². The summed E-state index contributed by atoms with van der Waals surface area (Å²) in [6.45, 7) is 0.225. The first-order chi connectivity index (χ1) is 5.54. The molecule has 0 fully saturated rings. The van der Waals surface area contributed by atoms with Gasteiger partial charge in [-0.3, -0.25) is 0 Å². The van der Waals surface area contributed by atoms with Gasteiger partial charge in [0.1, 0.15) is 0 Å². The molecule has 0 bridgehead atoms. The molecule has 6 N–H and O–H groups in total. The highest BCUT2D eigenvalue weighted by atomic mass is 31.1. The predicted octanol–water partition coefficient (Wildman–Crippen LogP) is -1.29. The van der Waals surface area contributed by atoms with Crippen LogP contribution in [0.1, 0.15) is 12.8 Å². The van der Waals surface area contributed by atoms with Gasteiger partial charge in [0.15, 0.2) is 0 Å². The standard InChI is InChI=1S/C5H13NO2.HO3P/c6-5(1-3-7)2-4-8;1-4(2)3/h5,7-8H,1-4,6H2;(H-,1,2,3)/p+1. The fourth-order valence-corrected chi connectivity index (χ4v) is 0.476. The summed E-state index contributed by atoms with van der Waals surface area (Å²) < 4.78 is 8.70. The smallest absolute Gasteiger partial charge is 0.396 e. The van der Waals surface area contributed by atoms with Crippen LogP contribution in [-0.4, -0.2) is 39.3 Å². The van der Waals surface area contributed by atoms with Crippen LogP contribution in [0.2, 0.25) is 0 Å². The van der Waals surface area contributed by atoms with E-state index in [1.807, 2.05) is 0 Å². The van der Waals surface area contributed by atoms with Gasteiger partial charge in [0, 0.05) is 23.8 Å². The maximum atomic E-state index is 8.70. The summed E-state index contributed by atoms with van der Waals surface area (Å²) in [6, 6.07) is -0.0370. The molecule has 6 nitrogen and oxygen atoms in total. The van der Waals surface area contributed by atoms with Gasteiger partial charge in [-0.15, -0.1) is 9.79 Å². The van der Waals surface area contributed by atoms with Crippen molar-refractivity contribution in [3.63, 3.8) is 0 Å². The first kappa shape index (κ1) is 14.4. The zero-order valence-electron chi connectivity index (χ0n) is 6.63. The van der Waals surface area contributed by atoms with Crippen molar-refractivity contribution < 1.29 is 24.6 Å². The van der Waals surface area contributed by atoms with E-state index in [2.05, 4.69) is 0 Å². The minimum absolute atomic E-state index is 0.0370. The lowest BCUT2D eigenvalue weighted by Gasteiger charge is -2.05. The van der Waals surface area contributed by atoms with Crippen molar-refractivity contribution in [1.82, 2.24) is 0 Å². The Kier molecular flexibility index (Phi) is 13.1. The van der Waals surface area contributed by atoms with Gasteiger partial charge in [-0.1, -0.05) is 0 Å². The highest BCUT2D eigenvalue weighted by Crippen LogP contribution is 1.98. The summed E-state index contributed by atoms with van der Waals surface area (Å²) in [6.07, 6.45) is 1.17. The number of aliphatic hydroxyl groups excluding tert-OH is 2. The van der Waals surface area contributed by atoms with Gasteiger partial charge < -0.3 is 15.9 Å². The van der Waals surface area contributed by atoms with Crippen LogP contribution in [0.4, 0.5) is 0 Å². The third-order valence-corrected chi connectivity index (χ3v) is 1.000. The second kappa shape index (κ2) is 10.9. The third-order valence-electron chi connectivity index (χ3n) is 1.000. The van der Waals surface area contributed by atoms with Crippen LogP contribution in [-0.2, 0) is 4.57 Å². The van der Waals surface area contributed by atoms with E-state index in [1.165, 1.54) is 0 Å². The summed E-state index contributed by atoms with van der Waals surface area (Å²) in [5.74, 6) is 0. The molecule has 0 unspecified atom stereocenters. The molecular weight excluding hydrogens is 185 g/mol. The summed E-state index contributed by atoms with van der Waals surface area (Å²) in [5.41, 5.74) is 5.37. The molecule has 0 aliphatic rings. The lowest BCUT2D eigenvalue weighted by atomic mass is 10.2. The van der Waals surface area contributed by atoms with Crippen LogP contribution in [0.25, 0.3) is 0 Å². The molecule has 0 spiro atoms. The van der Waals surface area contributed by atoms with E-state index >= 15 is 0 Å². The zero-order valence-corrected chi connectivity index (χ0v) is 7.52. The molecule has 0 aromatic heterocycles. The summed E-state index contributed by atoms with van der Waals surface area (Å²) in [4.78, 5) is 14.2. The number of hydrogen-bond acceptors (Lipinski definition) is 4. The number of rotatable bonds is 4. The van der Waals surface area contributed by atoms with Crippen LogP contribution in [0.3, 0.4) is 0 Å². The van der Waals surface area contributed by atoms with E-state index in [0.717, 1.165) is 0 Å². The Morgan fingerprint density at radius 3 is 1.58 bits per heavy atom. The van der Waals surface area contributed by atoms with Gasteiger partial charge in [0.25, 0.3) is 0 Å². The van der Waals surface area contributed by atoms with E-state index in [9.17, 15) is 0 Å². The second-order valence-corrected chi connectivity index (χ2v) is 2.54. The molecule has 0 saturated carbocycles. The van der Waals surface area contributed by atoms with E-state index in [4.69, 9.17) is 30.3 Å². The van der Waals surface area contributed by atoms with Gasteiger partial charge in [-0.05, 0) is 12.8 Å². The average Bonchev–Trinajstić information content (AvgIpc) is 1.87. The lowest BCUT2D eigenvalue weighted by molar-refractivity contribution is 0.242. The molecule has 0 saturated heterocycles. The molecule has 0 aliphatic heterocycles. The first-order valence-electron chi connectivity index (χ1n) is 3.36. The normalized spacial score (nSPS) is 9.17. The Morgan fingerprint density at radius 2 is 1.42 bits per heavy atom. The molecule has 0 atom stereocenters. The summed E-state index contributed by atoms with van der Waals surface area (Å²) >= 11 is 0. The largest absolute Gasteiger partial charge is 0.692 e. The lowest BCUT2D eigenvalue weighted by Crippen LogP contribution is -2.22. The minimum Gasteiger partial charge on any atom is -0.396 e. The quantitative estimate of drug-likeness (QED) is 0.359. The molecule has 74 valence electrons. The molecule has 0 heterocycles. The van der Waals surface area contributed by atoms with Crippen molar-refractivity contribution in [1.29, 1.82) is 0 Å². The fraction of sp³-hybridized carbons (Fsp3) is 1.00. The van der Waals surface area contributed by atoms with E-state index in [-0.39, 0.29) is 19.3 Å². The zero-order chi connectivity index (χ0) is 9.98. The van der Waals surface area contributed by atoms with Crippen molar-refractivity contribution in [2.24, 2.45) is 5.73 Å². The molecule has 0 rings (SSSR count). The highest BCUT2D eigenvalue weighted by Gasteiger charge is 1.97. The van der Waals surface area contributed by atoms with Crippen molar-refractivity contribution in [3.05, 3.63) is 0 Å². The monoisotopic (exact) mass is 200 g/mol. The number of aliphatic hydroxyl groups is 2. The molecule has 12 heavy (non-hydrogen) atoms. The molecule has 7 heteroatoms. The maximum absolute atomic E-state index is 8.70. The summed E-state index contributed by atoms with van der Waals surface area (Å²) in [5, 5.41) is 16.6. The van der Waals surface area contributed by atoms with Crippen molar-refractivity contribution in [3.8, 4) is 0 Å². The fourth-order valence-electron chi connectivity index (χ4n) is 0.476. The molecule has 0 aromatic rings. The summed E-state index contributed by atoms with van der Waals surface area (Å²) in [7, 11) is -2.87. The SMILES string of the molecule is NC(CCO)CCO.O=[P+](O)O. The van der Waals surface area contributed by atoms with Gasteiger partial charge >= 0.3 is 8.25 Å². The van der Waals surface area contributed by atoms with Crippen LogP contribution in [0.15, 0.2) is 0 Å². The Bertz CT molecular complexity index is 102. The Balaban J connectivity index is 0. The maximum Gasteiger partial charge on any atom is 0.692 e. The average molecular weight is 200 g/mol. The topological polar surface area (TPSA) is 124 Å². The molecule has 0 amide bonds. The van der Waals surface area contributed by atoms with E-state index < -0.39 is 8.25 Å². The van der Waals surface area contributed by atoms with Gasteiger partial charge in [0.05, 0.1) is 0 Å². The minimum atomic E-state index is -2.87. The molecule has 0 aromatic carbocycles. The molecule has 0 aliphatic carbocycles. The van der Waals surface area contributed by atoms with E-state index in [0.29, 0.717) is 12.8 Å². The van der Waals surface area contributed by atoms with Crippen LogP contribution < -0.4 is 5.73 Å². The Morgan fingerprint density at radius 1 is 1.17 bits per heavy atom. The Hall–Kier alpha value is -0.100.